The van der Waals surface area contributed by atoms with Gasteiger partial charge in [0, 0.05) is 13.0 Å². The molecule has 2 nitrogen and oxygen atoms in total. The molecule has 13 heavy (non-hydrogen) atoms. The van der Waals surface area contributed by atoms with Crippen molar-refractivity contribution >= 4 is 0 Å². The van der Waals surface area contributed by atoms with Crippen molar-refractivity contribution in [3.8, 4) is 5.75 Å². The van der Waals surface area contributed by atoms with Gasteiger partial charge >= 0.3 is 0 Å². The second-order valence-electron chi connectivity index (χ2n) is 3.60. The number of ether oxygens (including phenoxy) is 1. The van der Waals surface area contributed by atoms with E-state index < -0.39 is 0 Å². The Morgan fingerprint density at radius 3 is 3.15 bits per heavy atom. The lowest BCUT2D eigenvalue weighted by Crippen LogP contribution is -2.05. The van der Waals surface area contributed by atoms with E-state index in [0.29, 0.717) is 6.10 Å². The molecule has 0 bridgehead atoms. The molecule has 1 unspecified atom stereocenters. The Kier molecular flexibility index (Phi) is 2.23. The van der Waals surface area contributed by atoms with Crippen LogP contribution in [-0.2, 0) is 13.0 Å². The molecule has 0 radical (unpaired) electrons. The van der Waals surface area contributed by atoms with Gasteiger partial charge in [-0.15, -0.1) is 0 Å². The first-order valence-electron chi connectivity index (χ1n) is 4.72. The minimum absolute atomic E-state index is 0.347. The Hall–Kier alpha value is -1.02. The van der Waals surface area contributed by atoms with E-state index in [1.54, 1.807) is 0 Å². The molecule has 1 aliphatic rings. The summed E-state index contributed by atoms with van der Waals surface area (Å²) in [5.41, 5.74) is 2.68. The lowest BCUT2D eigenvalue weighted by molar-refractivity contribution is 0.254. The van der Waals surface area contributed by atoms with Crippen LogP contribution in [0.1, 0.15) is 18.1 Å². The molecule has 1 aromatic carbocycles. The first kappa shape index (κ1) is 8.57. The van der Waals surface area contributed by atoms with E-state index in [0.717, 1.165) is 18.7 Å². The largest absolute Gasteiger partial charge is 0.490 e. The van der Waals surface area contributed by atoms with Gasteiger partial charge in [-0.2, -0.15) is 0 Å². The highest BCUT2D eigenvalue weighted by atomic mass is 16.5. The number of hydrogen-bond acceptors (Lipinski definition) is 2. The normalized spacial score (nSPS) is 19.7. The van der Waals surface area contributed by atoms with E-state index in [4.69, 9.17) is 4.74 Å². The summed E-state index contributed by atoms with van der Waals surface area (Å²) in [5, 5.41) is 3.15. The Bertz CT molecular complexity index is 309. The topological polar surface area (TPSA) is 21.3 Å². The Labute approximate surface area is 78.9 Å². The van der Waals surface area contributed by atoms with Gasteiger partial charge in [-0.3, -0.25) is 0 Å². The molecule has 0 spiro atoms. The monoisotopic (exact) mass is 177 g/mol. The number of fused-ring (bicyclic) bond motifs is 1. The third-order valence-electron chi connectivity index (χ3n) is 2.34. The summed E-state index contributed by atoms with van der Waals surface area (Å²) >= 11 is 0. The highest BCUT2D eigenvalue weighted by Gasteiger charge is 2.18. The van der Waals surface area contributed by atoms with Crippen LogP contribution in [0.5, 0.6) is 5.75 Å². The van der Waals surface area contributed by atoms with Gasteiger partial charge in [-0.25, -0.2) is 0 Å². The molecule has 0 saturated heterocycles. The van der Waals surface area contributed by atoms with E-state index in [1.165, 1.54) is 11.1 Å². The van der Waals surface area contributed by atoms with E-state index >= 15 is 0 Å². The zero-order valence-corrected chi connectivity index (χ0v) is 8.13. The summed E-state index contributed by atoms with van der Waals surface area (Å²) < 4.78 is 5.62. The van der Waals surface area contributed by atoms with Crippen molar-refractivity contribution in [1.82, 2.24) is 5.32 Å². The summed E-state index contributed by atoms with van der Waals surface area (Å²) in [5.74, 6) is 1.06. The van der Waals surface area contributed by atoms with Gasteiger partial charge in [-0.05, 0) is 31.2 Å². The maximum atomic E-state index is 5.62. The molecule has 0 amide bonds. The van der Waals surface area contributed by atoms with Crippen LogP contribution in [0.2, 0.25) is 0 Å². The van der Waals surface area contributed by atoms with Crippen LogP contribution in [0.25, 0.3) is 0 Å². The van der Waals surface area contributed by atoms with Crippen molar-refractivity contribution in [3.63, 3.8) is 0 Å². The molecule has 1 atom stereocenters. The Balaban J connectivity index is 2.24. The SMILES string of the molecule is CNCc1ccc2c(c1)CC(C)O2. The minimum atomic E-state index is 0.347. The molecule has 1 aliphatic heterocycles. The fraction of sp³-hybridized carbons (Fsp3) is 0.455. The molecule has 0 fully saturated rings. The molecular formula is C11H15NO. The number of hydrogen-bond donors (Lipinski definition) is 1. The molecule has 1 heterocycles. The third kappa shape index (κ3) is 1.68. The number of benzene rings is 1. The lowest BCUT2D eigenvalue weighted by atomic mass is 10.1. The van der Waals surface area contributed by atoms with Crippen LogP contribution in [0, 0.1) is 0 Å². The first-order chi connectivity index (χ1) is 6.29. The second-order valence-corrected chi connectivity index (χ2v) is 3.60. The highest BCUT2D eigenvalue weighted by Crippen LogP contribution is 2.29. The van der Waals surface area contributed by atoms with E-state index in [9.17, 15) is 0 Å². The lowest BCUT2D eigenvalue weighted by Gasteiger charge is -2.03. The van der Waals surface area contributed by atoms with Gasteiger partial charge in [0.15, 0.2) is 0 Å². The van der Waals surface area contributed by atoms with Crippen molar-refractivity contribution in [1.29, 1.82) is 0 Å². The van der Waals surface area contributed by atoms with Crippen LogP contribution in [0.15, 0.2) is 18.2 Å². The summed E-state index contributed by atoms with van der Waals surface area (Å²) in [6.45, 7) is 3.04. The maximum Gasteiger partial charge on any atom is 0.123 e. The molecule has 1 aromatic rings. The van der Waals surface area contributed by atoms with Gasteiger partial charge in [0.1, 0.15) is 11.9 Å². The fourth-order valence-corrected chi connectivity index (χ4v) is 1.79. The molecule has 0 aromatic heterocycles. The van der Waals surface area contributed by atoms with Crippen molar-refractivity contribution in [2.24, 2.45) is 0 Å². The van der Waals surface area contributed by atoms with Gasteiger partial charge in [0.2, 0.25) is 0 Å². The van der Waals surface area contributed by atoms with Crippen LogP contribution in [-0.4, -0.2) is 13.2 Å². The van der Waals surface area contributed by atoms with Crippen molar-refractivity contribution in [2.45, 2.75) is 26.0 Å². The molecule has 1 N–H and O–H groups in total. The van der Waals surface area contributed by atoms with Crippen molar-refractivity contribution < 1.29 is 4.74 Å². The van der Waals surface area contributed by atoms with E-state index in [-0.39, 0.29) is 0 Å². The molecular weight excluding hydrogens is 162 g/mol. The molecule has 70 valence electrons. The quantitative estimate of drug-likeness (QED) is 0.742. The van der Waals surface area contributed by atoms with Gasteiger partial charge in [0.05, 0.1) is 0 Å². The highest BCUT2D eigenvalue weighted by molar-refractivity contribution is 5.40. The third-order valence-corrected chi connectivity index (χ3v) is 2.34. The van der Waals surface area contributed by atoms with E-state index in [2.05, 4.69) is 30.4 Å². The average molecular weight is 177 g/mol. The van der Waals surface area contributed by atoms with Crippen molar-refractivity contribution in [3.05, 3.63) is 29.3 Å². The molecule has 2 rings (SSSR count). The molecule has 0 saturated carbocycles. The standard InChI is InChI=1S/C11H15NO/c1-8-5-10-6-9(7-12-2)3-4-11(10)13-8/h3-4,6,8,12H,5,7H2,1-2H3. The molecule has 2 heteroatoms. The number of nitrogens with one attached hydrogen (secondary N) is 1. The summed E-state index contributed by atoms with van der Waals surface area (Å²) in [6, 6.07) is 6.42. The Morgan fingerprint density at radius 1 is 1.54 bits per heavy atom. The maximum absolute atomic E-state index is 5.62. The van der Waals surface area contributed by atoms with Gasteiger partial charge in [0.25, 0.3) is 0 Å². The summed E-state index contributed by atoms with van der Waals surface area (Å²) in [4.78, 5) is 0. The summed E-state index contributed by atoms with van der Waals surface area (Å²) in [7, 11) is 1.96. The predicted molar refractivity (Wildman–Crippen MR) is 53.0 cm³/mol. The van der Waals surface area contributed by atoms with Gasteiger partial charge in [-0.1, -0.05) is 12.1 Å². The van der Waals surface area contributed by atoms with Crippen LogP contribution in [0.3, 0.4) is 0 Å². The smallest absolute Gasteiger partial charge is 0.123 e. The van der Waals surface area contributed by atoms with Crippen LogP contribution >= 0.6 is 0 Å². The predicted octanol–water partition coefficient (Wildman–Crippen LogP) is 1.73. The van der Waals surface area contributed by atoms with Crippen LogP contribution < -0.4 is 10.1 Å². The van der Waals surface area contributed by atoms with Crippen LogP contribution in [0.4, 0.5) is 0 Å². The summed E-state index contributed by atoms with van der Waals surface area (Å²) in [6.07, 6.45) is 1.40. The number of rotatable bonds is 2. The zero-order valence-electron chi connectivity index (χ0n) is 8.13. The fourth-order valence-electron chi connectivity index (χ4n) is 1.79. The average Bonchev–Trinajstić information content (AvgIpc) is 2.44. The van der Waals surface area contributed by atoms with Gasteiger partial charge < -0.3 is 10.1 Å². The first-order valence-corrected chi connectivity index (χ1v) is 4.72. The Morgan fingerprint density at radius 2 is 2.38 bits per heavy atom. The van der Waals surface area contributed by atoms with E-state index in [1.807, 2.05) is 7.05 Å². The second kappa shape index (κ2) is 3.38. The minimum Gasteiger partial charge on any atom is -0.490 e. The van der Waals surface area contributed by atoms with Crippen molar-refractivity contribution in [2.75, 3.05) is 7.05 Å². The molecule has 0 aliphatic carbocycles. The zero-order chi connectivity index (χ0) is 9.26.